The Morgan fingerprint density at radius 2 is 2.16 bits per heavy atom. The first-order chi connectivity index (χ1) is 12.1. The SMILES string of the molecule is Cc1cnc(C(=O)N2CCCC(C(=O)NCc3cccnc3)C2)cn1. The van der Waals surface area contributed by atoms with E-state index in [1.165, 1.54) is 6.20 Å². The van der Waals surface area contributed by atoms with E-state index in [1.807, 2.05) is 19.1 Å². The lowest BCUT2D eigenvalue weighted by molar-refractivity contribution is -0.126. The van der Waals surface area contributed by atoms with Gasteiger partial charge in [0, 0.05) is 38.2 Å². The van der Waals surface area contributed by atoms with E-state index in [0.717, 1.165) is 24.1 Å². The van der Waals surface area contributed by atoms with Crippen LogP contribution in [0.3, 0.4) is 0 Å². The molecule has 3 rings (SSSR count). The van der Waals surface area contributed by atoms with Crippen molar-refractivity contribution in [3.05, 3.63) is 53.9 Å². The van der Waals surface area contributed by atoms with E-state index >= 15 is 0 Å². The van der Waals surface area contributed by atoms with Crippen LogP contribution >= 0.6 is 0 Å². The summed E-state index contributed by atoms with van der Waals surface area (Å²) in [5.74, 6) is -0.401. The molecule has 2 aromatic heterocycles. The van der Waals surface area contributed by atoms with Crippen LogP contribution in [0.25, 0.3) is 0 Å². The quantitative estimate of drug-likeness (QED) is 0.908. The Labute approximate surface area is 146 Å². The maximum absolute atomic E-state index is 12.5. The molecule has 130 valence electrons. The molecule has 0 aromatic carbocycles. The van der Waals surface area contributed by atoms with Gasteiger partial charge < -0.3 is 10.2 Å². The molecule has 1 fully saturated rings. The second-order valence-corrected chi connectivity index (χ2v) is 6.21. The van der Waals surface area contributed by atoms with Crippen LogP contribution < -0.4 is 5.32 Å². The second-order valence-electron chi connectivity index (χ2n) is 6.21. The van der Waals surface area contributed by atoms with Crippen LogP contribution in [0.4, 0.5) is 0 Å². The van der Waals surface area contributed by atoms with E-state index in [0.29, 0.717) is 25.3 Å². The van der Waals surface area contributed by atoms with Crippen LogP contribution in [0.15, 0.2) is 36.9 Å². The number of carbonyl (C=O) groups is 2. The summed E-state index contributed by atoms with van der Waals surface area (Å²) >= 11 is 0. The minimum Gasteiger partial charge on any atom is -0.352 e. The van der Waals surface area contributed by atoms with Crippen LogP contribution in [-0.2, 0) is 11.3 Å². The van der Waals surface area contributed by atoms with Crippen molar-refractivity contribution >= 4 is 11.8 Å². The van der Waals surface area contributed by atoms with E-state index in [-0.39, 0.29) is 17.7 Å². The van der Waals surface area contributed by atoms with Crippen molar-refractivity contribution in [1.29, 1.82) is 0 Å². The molecule has 1 aliphatic heterocycles. The summed E-state index contributed by atoms with van der Waals surface area (Å²) in [5, 5.41) is 2.93. The minimum atomic E-state index is -0.201. The van der Waals surface area contributed by atoms with Gasteiger partial charge in [0.15, 0.2) is 0 Å². The molecular weight excluding hydrogens is 318 g/mol. The molecule has 0 radical (unpaired) electrons. The van der Waals surface area contributed by atoms with Crippen LogP contribution in [0.2, 0.25) is 0 Å². The molecule has 1 atom stereocenters. The van der Waals surface area contributed by atoms with E-state index in [9.17, 15) is 9.59 Å². The number of carbonyl (C=O) groups excluding carboxylic acids is 2. The molecule has 7 heteroatoms. The van der Waals surface area contributed by atoms with Gasteiger partial charge in [0.05, 0.1) is 17.8 Å². The lowest BCUT2D eigenvalue weighted by Gasteiger charge is -2.31. The Morgan fingerprint density at radius 1 is 1.28 bits per heavy atom. The van der Waals surface area contributed by atoms with Gasteiger partial charge in [-0.2, -0.15) is 0 Å². The van der Waals surface area contributed by atoms with Gasteiger partial charge in [-0.05, 0) is 31.4 Å². The van der Waals surface area contributed by atoms with Gasteiger partial charge in [-0.25, -0.2) is 4.98 Å². The molecule has 0 bridgehead atoms. The third-order valence-corrected chi connectivity index (χ3v) is 4.27. The fourth-order valence-electron chi connectivity index (χ4n) is 2.88. The number of hydrogen-bond acceptors (Lipinski definition) is 5. The van der Waals surface area contributed by atoms with Crippen LogP contribution in [-0.4, -0.2) is 44.8 Å². The number of piperidine rings is 1. The highest BCUT2D eigenvalue weighted by atomic mass is 16.2. The molecule has 1 saturated heterocycles. The van der Waals surface area contributed by atoms with Gasteiger partial charge in [0.1, 0.15) is 5.69 Å². The maximum atomic E-state index is 12.5. The summed E-state index contributed by atoms with van der Waals surface area (Å²) in [6.07, 6.45) is 8.08. The molecule has 1 N–H and O–H groups in total. The Kier molecular flexibility index (Phi) is 5.33. The molecule has 2 aromatic rings. The Balaban J connectivity index is 1.57. The predicted molar refractivity (Wildman–Crippen MR) is 91.5 cm³/mol. The van der Waals surface area contributed by atoms with Crippen molar-refractivity contribution in [2.24, 2.45) is 5.92 Å². The zero-order valence-corrected chi connectivity index (χ0v) is 14.2. The summed E-state index contributed by atoms with van der Waals surface area (Å²) < 4.78 is 0. The molecule has 7 nitrogen and oxygen atoms in total. The van der Waals surface area contributed by atoms with E-state index in [2.05, 4.69) is 20.3 Å². The number of hydrogen-bond donors (Lipinski definition) is 1. The normalized spacial score (nSPS) is 17.2. The van der Waals surface area contributed by atoms with Gasteiger partial charge in [-0.1, -0.05) is 6.07 Å². The number of nitrogens with zero attached hydrogens (tertiary/aromatic N) is 4. The molecule has 2 amide bonds. The average molecular weight is 339 g/mol. The third kappa shape index (κ3) is 4.37. The highest BCUT2D eigenvalue weighted by molar-refractivity contribution is 5.92. The fourth-order valence-corrected chi connectivity index (χ4v) is 2.88. The van der Waals surface area contributed by atoms with Crippen molar-refractivity contribution in [2.45, 2.75) is 26.3 Å². The number of nitrogens with one attached hydrogen (secondary N) is 1. The Hall–Kier alpha value is -2.83. The van der Waals surface area contributed by atoms with Crippen molar-refractivity contribution in [1.82, 2.24) is 25.2 Å². The first-order valence-corrected chi connectivity index (χ1v) is 8.38. The highest BCUT2D eigenvalue weighted by Crippen LogP contribution is 2.18. The highest BCUT2D eigenvalue weighted by Gasteiger charge is 2.29. The Bertz CT molecular complexity index is 733. The largest absolute Gasteiger partial charge is 0.352 e. The zero-order chi connectivity index (χ0) is 17.6. The standard InChI is InChI=1S/C18H21N5O2/c1-13-8-21-16(11-20-13)18(25)23-7-3-5-15(12-23)17(24)22-10-14-4-2-6-19-9-14/h2,4,6,8-9,11,15H,3,5,7,10,12H2,1H3,(H,22,24). The third-order valence-electron chi connectivity index (χ3n) is 4.27. The van der Waals surface area contributed by atoms with E-state index in [1.54, 1.807) is 23.5 Å². The number of aromatic nitrogens is 3. The average Bonchev–Trinajstić information content (AvgIpc) is 2.67. The first kappa shape index (κ1) is 17.0. The lowest BCUT2D eigenvalue weighted by atomic mass is 9.96. The Morgan fingerprint density at radius 3 is 2.88 bits per heavy atom. The minimum absolute atomic E-state index is 0.0312. The second kappa shape index (κ2) is 7.83. The van der Waals surface area contributed by atoms with Gasteiger partial charge in [-0.15, -0.1) is 0 Å². The number of pyridine rings is 1. The van der Waals surface area contributed by atoms with Crippen molar-refractivity contribution in [3.63, 3.8) is 0 Å². The molecule has 0 aliphatic carbocycles. The molecular formula is C18H21N5O2. The van der Waals surface area contributed by atoms with Crippen LogP contribution in [0, 0.1) is 12.8 Å². The smallest absolute Gasteiger partial charge is 0.274 e. The van der Waals surface area contributed by atoms with Crippen molar-refractivity contribution in [2.75, 3.05) is 13.1 Å². The molecule has 1 aliphatic rings. The molecule has 1 unspecified atom stereocenters. The van der Waals surface area contributed by atoms with E-state index in [4.69, 9.17) is 0 Å². The van der Waals surface area contributed by atoms with Gasteiger partial charge in [-0.3, -0.25) is 19.6 Å². The van der Waals surface area contributed by atoms with Gasteiger partial charge >= 0.3 is 0 Å². The van der Waals surface area contributed by atoms with E-state index < -0.39 is 0 Å². The predicted octanol–water partition coefficient (Wildman–Crippen LogP) is 1.35. The van der Waals surface area contributed by atoms with Crippen molar-refractivity contribution in [3.8, 4) is 0 Å². The van der Waals surface area contributed by atoms with Crippen molar-refractivity contribution < 1.29 is 9.59 Å². The first-order valence-electron chi connectivity index (χ1n) is 8.38. The van der Waals surface area contributed by atoms with Gasteiger partial charge in [0.2, 0.25) is 5.91 Å². The maximum Gasteiger partial charge on any atom is 0.274 e. The number of likely N-dealkylation sites (tertiary alicyclic amines) is 1. The summed E-state index contributed by atoms with van der Waals surface area (Å²) in [7, 11) is 0. The molecule has 0 spiro atoms. The number of amides is 2. The molecule has 3 heterocycles. The van der Waals surface area contributed by atoms with Crippen LogP contribution in [0.1, 0.15) is 34.6 Å². The summed E-state index contributed by atoms with van der Waals surface area (Å²) in [5.41, 5.74) is 2.04. The number of rotatable bonds is 4. The summed E-state index contributed by atoms with van der Waals surface area (Å²) in [4.78, 5) is 38.9. The van der Waals surface area contributed by atoms with Crippen LogP contribution in [0.5, 0.6) is 0 Å². The summed E-state index contributed by atoms with van der Waals surface area (Å²) in [6, 6.07) is 3.76. The zero-order valence-electron chi connectivity index (χ0n) is 14.2. The fraction of sp³-hybridized carbons (Fsp3) is 0.389. The molecule has 25 heavy (non-hydrogen) atoms. The number of aryl methyl sites for hydroxylation is 1. The van der Waals surface area contributed by atoms with Gasteiger partial charge in [0.25, 0.3) is 5.91 Å². The summed E-state index contributed by atoms with van der Waals surface area (Å²) in [6.45, 7) is 3.32. The molecule has 0 saturated carbocycles. The topological polar surface area (TPSA) is 88.1 Å². The lowest BCUT2D eigenvalue weighted by Crippen LogP contribution is -2.45. The monoisotopic (exact) mass is 339 g/mol.